The van der Waals surface area contributed by atoms with Crippen molar-refractivity contribution in [1.82, 2.24) is 24.7 Å². The fourth-order valence-electron chi connectivity index (χ4n) is 3.27. The molecule has 1 aliphatic heterocycles. The summed E-state index contributed by atoms with van der Waals surface area (Å²) in [5.74, 6) is -1.83. The number of carbonyl (C=O) groups is 2. The summed E-state index contributed by atoms with van der Waals surface area (Å²) in [6, 6.07) is 5.63. The number of nitrogens with zero attached hydrogens (tertiary/aromatic N) is 5. The lowest BCUT2D eigenvalue weighted by atomic mass is 10.00. The minimum absolute atomic E-state index is 0.00378. The molecule has 0 radical (unpaired) electrons. The molecule has 4 rings (SSSR count). The van der Waals surface area contributed by atoms with Gasteiger partial charge in [-0.25, -0.2) is 19.4 Å². The number of alkyl halides is 3. The first-order chi connectivity index (χ1) is 16.6. The smallest absolute Gasteiger partial charge is 0.481 e. The molecule has 4 heterocycles. The number of pyridine rings is 1. The van der Waals surface area contributed by atoms with E-state index in [4.69, 9.17) is 14.6 Å². The number of amides is 1. The number of nitrogens with one attached hydrogen (secondary N) is 1. The molecule has 2 bridgehead atoms. The lowest BCUT2D eigenvalue weighted by Crippen LogP contribution is -2.21. The molecule has 1 amide bonds. The molecule has 0 fully saturated rings. The molecule has 0 spiro atoms. The standard InChI is InChI=1S/C20H22N6O2.C2HF3O2/c1-13-5-3-4-6-15-9-14(7-8-21-15)19-16(24-20(13)27)11-26(25-19)17-10-18(28-2)23-12-22-17;3-2(4,5)1(6)7/h7-13H,3-6H2,1-2H3,(H,24,27);(H,6,7). The minimum Gasteiger partial charge on any atom is -0.481 e. The van der Waals surface area contributed by atoms with Crippen LogP contribution in [0.5, 0.6) is 5.88 Å². The number of fused-ring (bicyclic) bond motifs is 4. The van der Waals surface area contributed by atoms with Crippen molar-refractivity contribution in [2.45, 2.75) is 38.8 Å². The van der Waals surface area contributed by atoms with E-state index in [-0.39, 0.29) is 11.8 Å². The van der Waals surface area contributed by atoms with E-state index in [0.717, 1.165) is 36.9 Å². The highest BCUT2D eigenvalue weighted by atomic mass is 19.4. The normalized spacial score (nSPS) is 15.9. The monoisotopic (exact) mass is 492 g/mol. The molecule has 13 heteroatoms. The van der Waals surface area contributed by atoms with Crippen molar-refractivity contribution in [2.75, 3.05) is 12.4 Å². The van der Waals surface area contributed by atoms with E-state index in [1.54, 1.807) is 30.3 Å². The van der Waals surface area contributed by atoms with Gasteiger partial charge in [0.05, 0.1) is 19.0 Å². The third kappa shape index (κ3) is 6.74. The fourth-order valence-corrected chi connectivity index (χ4v) is 3.27. The van der Waals surface area contributed by atoms with Gasteiger partial charge >= 0.3 is 12.1 Å². The van der Waals surface area contributed by atoms with Crippen LogP contribution in [0.1, 0.15) is 31.9 Å². The predicted molar refractivity (Wildman–Crippen MR) is 118 cm³/mol. The number of aryl methyl sites for hydroxylation is 1. The average Bonchev–Trinajstić information content (AvgIpc) is 3.25. The number of halogens is 3. The largest absolute Gasteiger partial charge is 0.490 e. The molecule has 1 unspecified atom stereocenters. The van der Waals surface area contributed by atoms with Crippen molar-refractivity contribution < 1.29 is 32.6 Å². The van der Waals surface area contributed by atoms with Crippen LogP contribution in [-0.2, 0) is 16.0 Å². The van der Waals surface area contributed by atoms with Crippen LogP contribution in [0.25, 0.3) is 17.1 Å². The summed E-state index contributed by atoms with van der Waals surface area (Å²) in [6.45, 7) is 1.96. The topological polar surface area (TPSA) is 132 Å². The maximum Gasteiger partial charge on any atom is 0.490 e. The molecular weight excluding hydrogens is 469 g/mol. The Morgan fingerprint density at radius 2 is 1.97 bits per heavy atom. The molecule has 1 atom stereocenters. The Labute approximate surface area is 198 Å². The Balaban J connectivity index is 0.000000429. The van der Waals surface area contributed by atoms with Crippen molar-refractivity contribution >= 4 is 17.6 Å². The second-order valence-corrected chi connectivity index (χ2v) is 7.73. The molecule has 0 aliphatic carbocycles. The van der Waals surface area contributed by atoms with Crippen molar-refractivity contribution in [1.29, 1.82) is 0 Å². The maximum absolute atomic E-state index is 12.7. The van der Waals surface area contributed by atoms with E-state index in [9.17, 15) is 18.0 Å². The SMILES string of the molecule is COc1cc(-n2cc3c(n2)-c2ccnc(c2)CCCCC(C)C(=O)N3)ncn1.O=C(O)C(F)(F)F. The van der Waals surface area contributed by atoms with E-state index in [1.165, 1.54) is 6.33 Å². The first-order valence-electron chi connectivity index (χ1n) is 10.6. The fraction of sp³-hybridized carbons (Fsp3) is 0.364. The van der Waals surface area contributed by atoms with Crippen LogP contribution in [0.3, 0.4) is 0 Å². The van der Waals surface area contributed by atoms with E-state index < -0.39 is 12.1 Å². The zero-order valence-electron chi connectivity index (χ0n) is 18.9. The van der Waals surface area contributed by atoms with Crippen LogP contribution in [0.2, 0.25) is 0 Å². The van der Waals surface area contributed by atoms with Gasteiger partial charge in [0.2, 0.25) is 11.8 Å². The summed E-state index contributed by atoms with van der Waals surface area (Å²) in [5, 5.41) is 14.8. The summed E-state index contributed by atoms with van der Waals surface area (Å²) < 4.78 is 38.5. The van der Waals surface area contributed by atoms with Crippen LogP contribution in [-0.4, -0.2) is 55.0 Å². The van der Waals surface area contributed by atoms with Crippen molar-refractivity contribution in [3.05, 3.63) is 42.6 Å². The molecule has 35 heavy (non-hydrogen) atoms. The highest BCUT2D eigenvalue weighted by Gasteiger charge is 2.38. The quantitative estimate of drug-likeness (QED) is 0.554. The van der Waals surface area contributed by atoms with E-state index in [0.29, 0.717) is 23.1 Å². The predicted octanol–water partition coefficient (Wildman–Crippen LogP) is 3.67. The molecule has 3 aromatic heterocycles. The summed E-state index contributed by atoms with van der Waals surface area (Å²) in [5.41, 5.74) is 3.27. The summed E-state index contributed by atoms with van der Waals surface area (Å²) in [7, 11) is 1.55. The molecule has 2 N–H and O–H groups in total. The van der Waals surface area contributed by atoms with Crippen LogP contribution < -0.4 is 10.1 Å². The molecule has 0 saturated heterocycles. The van der Waals surface area contributed by atoms with Gasteiger partial charge in [-0.1, -0.05) is 13.3 Å². The van der Waals surface area contributed by atoms with E-state index in [1.807, 2.05) is 19.1 Å². The van der Waals surface area contributed by atoms with Gasteiger partial charge in [0.1, 0.15) is 12.0 Å². The highest BCUT2D eigenvalue weighted by molar-refractivity contribution is 5.95. The molecule has 1 aliphatic rings. The van der Waals surface area contributed by atoms with Crippen LogP contribution in [0, 0.1) is 5.92 Å². The second kappa shape index (κ2) is 10.9. The zero-order chi connectivity index (χ0) is 25.6. The van der Waals surface area contributed by atoms with Gasteiger partial charge in [-0.3, -0.25) is 9.78 Å². The van der Waals surface area contributed by atoms with Gasteiger partial charge in [-0.05, 0) is 31.4 Å². The third-order valence-electron chi connectivity index (χ3n) is 5.14. The van der Waals surface area contributed by atoms with Crippen LogP contribution in [0.15, 0.2) is 36.9 Å². The van der Waals surface area contributed by atoms with Gasteiger partial charge in [0.25, 0.3) is 0 Å². The van der Waals surface area contributed by atoms with E-state index in [2.05, 4.69) is 25.4 Å². The zero-order valence-corrected chi connectivity index (χ0v) is 18.9. The van der Waals surface area contributed by atoms with Gasteiger partial charge in [-0.2, -0.15) is 18.3 Å². The number of hydrogen-bond acceptors (Lipinski definition) is 7. The molecule has 0 saturated carbocycles. The molecular formula is C22H23F3N6O4. The highest BCUT2D eigenvalue weighted by Crippen LogP contribution is 2.30. The number of aliphatic carboxylic acids is 1. The number of ether oxygens (including phenoxy) is 1. The number of anilines is 1. The first-order valence-corrected chi connectivity index (χ1v) is 10.6. The Hall–Kier alpha value is -4.03. The lowest BCUT2D eigenvalue weighted by Gasteiger charge is -2.13. The van der Waals surface area contributed by atoms with Crippen LogP contribution in [0.4, 0.5) is 18.9 Å². The third-order valence-corrected chi connectivity index (χ3v) is 5.14. The second-order valence-electron chi connectivity index (χ2n) is 7.73. The van der Waals surface area contributed by atoms with Gasteiger partial charge in [0.15, 0.2) is 5.82 Å². The summed E-state index contributed by atoms with van der Waals surface area (Å²) in [6.07, 6.45) is 3.64. The van der Waals surface area contributed by atoms with Gasteiger partial charge in [-0.15, -0.1) is 0 Å². The van der Waals surface area contributed by atoms with Gasteiger partial charge < -0.3 is 15.2 Å². The van der Waals surface area contributed by atoms with E-state index >= 15 is 0 Å². The molecule has 186 valence electrons. The molecule has 10 nitrogen and oxygen atoms in total. The lowest BCUT2D eigenvalue weighted by molar-refractivity contribution is -0.192. The minimum atomic E-state index is -5.08. The molecule has 3 aromatic rings. The Kier molecular flexibility index (Phi) is 7.99. The summed E-state index contributed by atoms with van der Waals surface area (Å²) in [4.78, 5) is 34.3. The van der Waals surface area contributed by atoms with Crippen molar-refractivity contribution in [2.24, 2.45) is 5.92 Å². The maximum atomic E-state index is 12.7. The number of rotatable bonds is 2. The first kappa shape index (κ1) is 25.6. The van der Waals surface area contributed by atoms with Crippen molar-refractivity contribution in [3.63, 3.8) is 0 Å². The van der Waals surface area contributed by atoms with Crippen molar-refractivity contribution in [3.8, 4) is 23.0 Å². The number of carboxylic acid groups (broad SMARTS) is 1. The Morgan fingerprint density at radius 3 is 2.66 bits per heavy atom. The summed E-state index contributed by atoms with van der Waals surface area (Å²) >= 11 is 0. The molecule has 0 aromatic carbocycles. The Morgan fingerprint density at radius 1 is 1.23 bits per heavy atom. The number of carbonyl (C=O) groups excluding carboxylic acids is 1. The number of methoxy groups -OCH3 is 1. The number of aromatic nitrogens is 5. The Bertz CT molecular complexity index is 1200. The van der Waals surface area contributed by atoms with Gasteiger partial charge in [0, 0.05) is 29.4 Å². The van der Waals surface area contributed by atoms with Crippen LogP contribution >= 0.6 is 0 Å². The number of hydrogen-bond donors (Lipinski definition) is 2. The number of carboxylic acids is 1. The average molecular weight is 492 g/mol.